The standard InChI is InChI=1S/C34H43N5O7/c1-34(2,3)29(46-32(35)43)22-7-4-20(5-8-22)19-45-25-11-9-24(10-12-25)37-33(44)36-17-21-6-13-26-23(16-21)18-39(31(26)42)27-14-15-28(40)38-30(27)41/h6,9-13,16,20,22,27,29H,4-5,7-8,14-15,17-19H2,1-3H3,(H2,35,43)(H2,36,37,44)(H,38,40,41)/t20?,22?,27-,29-/m1/s1. The van der Waals surface area contributed by atoms with Gasteiger partial charge < -0.3 is 30.7 Å². The number of carbonyl (C=O) groups is 5. The van der Waals surface area contributed by atoms with Crippen molar-refractivity contribution in [1.82, 2.24) is 15.5 Å². The molecule has 0 spiro atoms. The average molecular weight is 634 g/mol. The topological polar surface area (TPSA) is 169 Å². The van der Waals surface area contributed by atoms with Crippen molar-refractivity contribution in [2.24, 2.45) is 23.0 Å². The molecule has 12 heteroatoms. The van der Waals surface area contributed by atoms with Crippen molar-refractivity contribution in [3.05, 3.63) is 59.2 Å². The first-order chi connectivity index (χ1) is 21.9. The Balaban J connectivity index is 1.04. The Hall–Kier alpha value is -4.61. The van der Waals surface area contributed by atoms with Crippen LogP contribution in [0.15, 0.2) is 42.5 Å². The largest absolute Gasteiger partial charge is 0.493 e. The quantitative estimate of drug-likeness (QED) is 0.296. The number of amides is 6. The molecule has 12 nitrogen and oxygen atoms in total. The summed E-state index contributed by atoms with van der Waals surface area (Å²) in [5, 5.41) is 7.96. The van der Waals surface area contributed by atoms with Crippen LogP contribution in [0.5, 0.6) is 5.75 Å². The summed E-state index contributed by atoms with van der Waals surface area (Å²) < 4.78 is 11.5. The molecule has 5 rings (SSSR count). The van der Waals surface area contributed by atoms with Crippen molar-refractivity contribution >= 4 is 35.5 Å². The van der Waals surface area contributed by atoms with Gasteiger partial charge in [-0.1, -0.05) is 32.9 Å². The van der Waals surface area contributed by atoms with E-state index >= 15 is 0 Å². The Bertz CT molecular complexity index is 1480. The van der Waals surface area contributed by atoms with Gasteiger partial charge in [-0.05, 0) is 90.8 Å². The maximum Gasteiger partial charge on any atom is 0.404 e. The second-order valence-electron chi connectivity index (χ2n) is 13.5. The monoisotopic (exact) mass is 633 g/mol. The van der Waals surface area contributed by atoms with Gasteiger partial charge in [-0.2, -0.15) is 0 Å². The fourth-order valence-corrected chi connectivity index (χ4v) is 6.71. The third-order valence-electron chi connectivity index (χ3n) is 9.06. The van der Waals surface area contributed by atoms with E-state index in [0.29, 0.717) is 30.2 Å². The van der Waals surface area contributed by atoms with E-state index in [1.54, 1.807) is 24.3 Å². The molecular formula is C34H43N5O7. The number of fused-ring (bicyclic) bond motifs is 1. The normalized spacial score (nSPS) is 22.0. The number of anilines is 1. The summed E-state index contributed by atoms with van der Waals surface area (Å²) in [7, 11) is 0. The van der Waals surface area contributed by atoms with Gasteiger partial charge in [0.15, 0.2) is 0 Å². The SMILES string of the molecule is CC(C)(C)[C@H](OC(N)=O)C1CCC(COc2ccc(NC(=O)NCc3ccc4c(c3)CN([C@@H]3CCC(=O)NC3=O)C4=O)cc2)CC1. The fourth-order valence-electron chi connectivity index (χ4n) is 6.71. The molecule has 1 saturated heterocycles. The Kier molecular flexibility index (Phi) is 9.83. The fraction of sp³-hybridized carbons (Fsp3) is 0.500. The molecule has 2 aromatic carbocycles. The van der Waals surface area contributed by atoms with Gasteiger partial charge in [0.25, 0.3) is 5.91 Å². The van der Waals surface area contributed by atoms with Gasteiger partial charge in [-0.25, -0.2) is 9.59 Å². The number of rotatable bonds is 9. The third-order valence-corrected chi connectivity index (χ3v) is 9.06. The van der Waals surface area contributed by atoms with E-state index in [0.717, 1.165) is 42.6 Å². The zero-order valence-electron chi connectivity index (χ0n) is 26.6. The Morgan fingerprint density at radius 2 is 1.74 bits per heavy atom. The maximum absolute atomic E-state index is 12.9. The predicted molar refractivity (Wildman–Crippen MR) is 170 cm³/mol. The number of hydrogen-bond acceptors (Lipinski definition) is 7. The van der Waals surface area contributed by atoms with Gasteiger partial charge in [-0.3, -0.25) is 19.7 Å². The number of nitrogens with two attached hydrogens (primary N) is 1. The molecule has 0 unspecified atom stereocenters. The molecule has 0 bridgehead atoms. The minimum absolute atomic E-state index is 0.178. The summed E-state index contributed by atoms with van der Waals surface area (Å²) in [6.07, 6.45) is 3.45. The number of carbonyl (C=O) groups excluding carboxylic acids is 5. The lowest BCUT2D eigenvalue weighted by molar-refractivity contribution is -0.136. The number of primary amides is 1. The number of piperidine rings is 1. The molecule has 5 N–H and O–H groups in total. The van der Waals surface area contributed by atoms with E-state index < -0.39 is 18.0 Å². The van der Waals surface area contributed by atoms with Crippen LogP contribution in [0.25, 0.3) is 0 Å². The summed E-state index contributed by atoms with van der Waals surface area (Å²) in [5.41, 5.74) is 7.89. The summed E-state index contributed by atoms with van der Waals surface area (Å²) in [6, 6.07) is 11.5. The molecule has 2 aliphatic heterocycles. The number of nitrogens with one attached hydrogen (secondary N) is 3. The zero-order valence-corrected chi connectivity index (χ0v) is 26.6. The van der Waals surface area contributed by atoms with Crippen LogP contribution in [0.2, 0.25) is 0 Å². The van der Waals surface area contributed by atoms with Crippen molar-refractivity contribution < 1.29 is 33.4 Å². The summed E-state index contributed by atoms with van der Waals surface area (Å²) in [5.74, 6) is 0.406. The van der Waals surface area contributed by atoms with Crippen LogP contribution in [-0.2, 0) is 27.4 Å². The average Bonchev–Trinajstić information content (AvgIpc) is 3.33. The van der Waals surface area contributed by atoms with Crippen LogP contribution in [0.1, 0.15) is 80.8 Å². The minimum Gasteiger partial charge on any atom is -0.493 e. The highest BCUT2D eigenvalue weighted by Gasteiger charge is 2.39. The Morgan fingerprint density at radius 1 is 1.02 bits per heavy atom. The number of benzene rings is 2. The van der Waals surface area contributed by atoms with Crippen molar-refractivity contribution in [3.8, 4) is 5.75 Å². The second kappa shape index (κ2) is 13.8. The minimum atomic E-state index is -0.722. The van der Waals surface area contributed by atoms with E-state index in [9.17, 15) is 24.0 Å². The van der Waals surface area contributed by atoms with Crippen molar-refractivity contribution in [2.45, 2.75) is 84.5 Å². The smallest absolute Gasteiger partial charge is 0.404 e. The van der Waals surface area contributed by atoms with Gasteiger partial charge >= 0.3 is 12.1 Å². The third kappa shape index (κ3) is 7.96. The van der Waals surface area contributed by atoms with Crippen LogP contribution >= 0.6 is 0 Å². The molecular weight excluding hydrogens is 590 g/mol. The molecule has 2 aromatic rings. The van der Waals surface area contributed by atoms with Crippen LogP contribution < -0.4 is 26.4 Å². The Labute approximate surface area is 268 Å². The van der Waals surface area contributed by atoms with Gasteiger partial charge in [0, 0.05) is 30.8 Å². The van der Waals surface area contributed by atoms with Crippen molar-refractivity contribution in [1.29, 1.82) is 0 Å². The van der Waals surface area contributed by atoms with Crippen LogP contribution in [0, 0.1) is 17.3 Å². The number of nitrogens with zero attached hydrogens (tertiary/aromatic N) is 1. The molecule has 1 saturated carbocycles. The Morgan fingerprint density at radius 3 is 2.39 bits per heavy atom. The van der Waals surface area contributed by atoms with Crippen LogP contribution in [-0.4, -0.2) is 53.5 Å². The van der Waals surface area contributed by atoms with E-state index in [1.807, 2.05) is 18.2 Å². The molecule has 2 heterocycles. The second-order valence-corrected chi connectivity index (χ2v) is 13.5. The first-order valence-corrected chi connectivity index (χ1v) is 15.9. The lowest BCUT2D eigenvalue weighted by Crippen LogP contribution is -2.52. The highest BCUT2D eigenvalue weighted by Crippen LogP contribution is 2.39. The molecule has 0 aromatic heterocycles. The predicted octanol–water partition coefficient (Wildman–Crippen LogP) is 4.46. The molecule has 0 radical (unpaired) electrons. The summed E-state index contributed by atoms with van der Waals surface area (Å²) >= 11 is 0. The van der Waals surface area contributed by atoms with E-state index in [2.05, 4.69) is 36.7 Å². The highest BCUT2D eigenvalue weighted by atomic mass is 16.6. The maximum atomic E-state index is 12.9. The molecule has 246 valence electrons. The number of urea groups is 1. The molecule has 2 atom stereocenters. The van der Waals surface area contributed by atoms with Gasteiger partial charge in [-0.15, -0.1) is 0 Å². The molecule has 6 amide bonds. The van der Waals surface area contributed by atoms with Gasteiger partial charge in [0.05, 0.1) is 6.61 Å². The van der Waals surface area contributed by atoms with Crippen molar-refractivity contribution in [3.63, 3.8) is 0 Å². The molecule has 2 fully saturated rings. The summed E-state index contributed by atoms with van der Waals surface area (Å²) in [4.78, 5) is 62.2. The molecule has 1 aliphatic carbocycles. The van der Waals surface area contributed by atoms with Crippen LogP contribution in [0.4, 0.5) is 15.3 Å². The summed E-state index contributed by atoms with van der Waals surface area (Å²) in [6.45, 7) is 7.32. The first kappa shape index (κ1) is 32.8. The lowest BCUT2D eigenvalue weighted by Gasteiger charge is -2.39. The highest BCUT2D eigenvalue weighted by molar-refractivity contribution is 6.05. The molecule has 46 heavy (non-hydrogen) atoms. The van der Waals surface area contributed by atoms with Crippen LogP contribution in [0.3, 0.4) is 0 Å². The lowest BCUT2D eigenvalue weighted by atomic mass is 9.72. The van der Waals surface area contributed by atoms with Crippen molar-refractivity contribution in [2.75, 3.05) is 11.9 Å². The number of ether oxygens (including phenoxy) is 2. The van der Waals surface area contributed by atoms with E-state index in [-0.39, 0.29) is 54.8 Å². The number of hydrogen-bond donors (Lipinski definition) is 4. The van der Waals surface area contributed by atoms with Gasteiger partial charge in [0.1, 0.15) is 17.9 Å². The zero-order chi connectivity index (χ0) is 33.0. The number of imide groups is 1. The van der Waals surface area contributed by atoms with E-state index in [4.69, 9.17) is 15.2 Å². The molecule has 3 aliphatic rings. The van der Waals surface area contributed by atoms with Gasteiger partial charge in [0.2, 0.25) is 11.8 Å². The van der Waals surface area contributed by atoms with E-state index in [1.165, 1.54) is 4.90 Å². The first-order valence-electron chi connectivity index (χ1n) is 15.9.